The van der Waals surface area contributed by atoms with Gasteiger partial charge in [0.25, 0.3) is 0 Å². The smallest absolute Gasteiger partial charge is 0.123 e. The zero-order chi connectivity index (χ0) is 66.7. The summed E-state index contributed by atoms with van der Waals surface area (Å²) in [6.45, 7) is 3.82. The summed E-state index contributed by atoms with van der Waals surface area (Å²) in [6, 6.07) is 122. The van der Waals surface area contributed by atoms with Crippen molar-refractivity contribution in [2.24, 2.45) is 0 Å². The van der Waals surface area contributed by atoms with E-state index in [-0.39, 0.29) is 23.0 Å². The number of aryl methyl sites for hydroxylation is 3. The molecule has 0 bridgehead atoms. The van der Waals surface area contributed by atoms with E-state index < -0.39 is 21.8 Å². The second-order valence-corrected chi connectivity index (χ2v) is 35.7. The van der Waals surface area contributed by atoms with Crippen molar-refractivity contribution in [1.82, 2.24) is 0 Å². The van der Waals surface area contributed by atoms with Gasteiger partial charge in [-0.25, -0.2) is 0 Å². The molecule has 0 aliphatic carbocycles. The molecule has 0 spiro atoms. The number of phenols is 4. The van der Waals surface area contributed by atoms with E-state index in [0.717, 1.165) is 79.3 Å². The van der Waals surface area contributed by atoms with E-state index in [1.807, 2.05) is 42.5 Å². The van der Waals surface area contributed by atoms with Crippen molar-refractivity contribution >= 4 is 69.5 Å². The van der Waals surface area contributed by atoms with Gasteiger partial charge >= 0.3 is 0 Å². The van der Waals surface area contributed by atoms with E-state index in [1.54, 1.807) is 24.3 Å². The molecule has 0 amide bonds. The second-order valence-electron chi connectivity index (χ2n) is 24.8. The predicted molar refractivity (Wildman–Crippen MR) is 419 cm³/mol. The van der Waals surface area contributed by atoms with E-state index in [2.05, 4.69) is 292 Å². The third kappa shape index (κ3) is 15.2. The molecule has 0 atom stereocenters. The molecule has 7 heteroatoms. The molecule has 13 aromatic rings. The summed E-state index contributed by atoms with van der Waals surface area (Å²) in [5, 5.41) is 56.3. The molecule has 480 valence electrons. The highest BCUT2D eigenvalue weighted by Crippen LogP contribution is 2.58. The lowest BCUT2D eigenvalue weighted by Gasteiger charge is -2.28. The van der Waals surface area contributed by atoms with E-state index >= 15 is 0 Å². The Hall–Kier alpha value is -9.91. The number of hydrogen-bond acceptors (Lipinski definition) is 4. The van der Waals surface area contributed by atoms with Gasteiger partial charge < -0.3 is 20.4 Å². The maximum Gasteiger partial charge on any atom is 0.123 e. The van der Waals surface area contributed by atoms with Crippen LogP contribution in [-0.2, 0) is 25.7 Å². The van der Waals surface area contributed by atoms with Crippen LogP contribution in [0.5, 0.6) is 23.0 Å². The van der Waals surface area contributed by atoms with Crippen LogP contribution in [0.4, 0.5) is 0 Å². The minimum atomic E-state index is -1.95. The van der Waals surface area contributed by atoms with E-state index in [4.69, 9.17) is 0 Å². The second kappa shape index (κ2) is 32.2. The largest absolute Gasteiger partial charge is 0.507 e. The van der Waals surface area contributed by atoms with E-state index in [9.17, 15) is 20.4 Å². The van der Waals surface area contributed by atoms with Crippen LogP contribution < -0.4 is 47.7 Å². The van der Waals surface area contributed by atoms with Gasteiger partial charge in [0.05, 0.1) is 18.5 Å². The Kier molecular flexibility index (Phi) is 22.3. The number of phenolic OH excluding ortho intramolecular Hbond substituents is 4. The summed E-state index contributed by atoms with van der Waals surface area (Å²) in [5.74, 6) is 0.693. The fraction of sp³-hybridized carbons (Fsp3) is 0.111. The highest BCUT2D eigenvalue weighted by Gasteiger charge is 2.47. The molecule has 0 heterocycles. The lowest BCUT2D eigenvalue weighted by atomic mass is 9.96. The van der Waals surface area contributed by atoms with Crippen LogP contribution in [0.3, 0.4) is 0 Å². The number of rotatable bonds is 25. The number of allylic oxidation sites excluding steroid dienone is 1. The molecule has 0 saturated carbocycles. The summed E-state index contributed by atoms with van der Waals surface area (Å²) in [6.07, 6.45) is 11.1. The molecule has 0 aliphatic rings. The van der Waals surface area contributed by atoms with Gasteiger partial charge in [0.1, 0.15) is 92.5 Å². The maximum absolute atomic E-state index is 11.3. The lowest BCUT2D eigenvalue weighted by molar-refractivity contribution is 0.469. The van der Waals surface area contributed by atoms with E-state index in [1.165, 1.54) is 47.7 Å². The molecule has 0 saturated heterocycles. The Morgan fingerprint density at radius 1 is 0.227 bits per heavy atom. The van der Waals surface area contributed by atoms with E-state index in [0.29, 0.717) is 28.7 Å². The normalized spacial score (nSPS) is 11.5. The van der Waals surface area contributed by atoms with Gasteiger partial charge in [-0.1, -0.05) is 194 Å². The molecule has 97 heavy (non-hydrogen) atoms. The van der Waals surface area contributed by atoms with Gasteiger partial charge in [-0.15, -0.1) is 6.58 Å². The Morgan fingerprint density at radius 3 is 0.588 bits per heavy atom. The molecule has 13 aromatic carbocycles. The van der Waals surface area contributed by atoms with Gasteiger partial charge in [0.15, 0.2) is 0 Å². The van der Waals surface area contributed by atoms with Crippen molar-refractivity contribution in [2.45, 2.75) is 44.9 Å². The molecule has 0 unspecified atom stereocenters. The fourth-order valence-corrected chi connectivity index (χ4v) is 27.2. The lowest BCUT2D eigenvalue weighted by Crippen LogP contribution is -2.33. The van der Waals surface area contributed by atoms with Crippen molar-refractivity contribution in [1.29, 1.82) is 0 Å². The van der Waals surface area contributed by atoms with Gasteiger partial charge in [0, 0.05) is 22.3 Å². The third-order valence-electron chi connectivity index (χ3n) is 18.9. The van der Waals surface area contributed by atoms with Crippen LogP contribution in [0.15, 0.2) is 358 Å². The monoisotopic (exact) mass is 1320 g/mol. The highest BCUT2D eigenvalue weighted by molar-refractivity contribution is 7.96. The zero-order valence-electron chi connectivity index (χ0n) is 54.9. The molecule has 0 fully saturated rings. The first-order valence-corrected chi connectivity index (χ1v) is 39.7. The zero-order valence-corrected chi connectivity index (χ0v) is 57.6. The van der Waals surface area contributed by atoms with Gasteiger partial charge in [-0.3, -0.25) is 0 Å². The van der Waals surface area contributed by atoms with Crippen molar-refractivity contribution in [3.05, 3.63) is 381 Å². The van der Waals surface area contributed by atoms with Crippen molar-refractivity contribution in [2.75, 3.05) is 18.5 Å². The quantitative estimate of drug-likeness (QED) is 0.0340. The maximum atomic E-state index is 11.3. The molecule has 0 aliphatic heterocycles. The standard InChI is InChI=1S/C54H48O2P2.C36H33O2P/c55-53-37-35-43(21-19-39-57(45-23-7-1-8-24-45,46-25-9-2-10-26-46)47-27-11-3-12-28-47)41-51(53)52-42-44(36-38-54(52)56)22-20-40-58(48-29-13-4-14-30-48,49-31-15-5-16-32-49)50-33-17-6-18-34-50;1-2-13-28-21-23-35(37)33(26-28)34-27-29(22-24-36(34)38)14-12-25-39(30-15-6-3-7-16-30,31-17-8-4-9-18-31)32-19-10-5-11-20-32/h1-18,23-38,41-42H,19-22,39-40H2;2-11,15-24,26-27H,1,12-14,25H2,(H-,37,38)/p+3. The first kappa shape index (κ1) is 67.1. The number of aromatic hydroxyl groups is 4. The molecular weight excluding hydrogens is 1240 g/mol. The summed E-state index contributed by atoms with van der Waals surface area (Å²) in [4.78, 5) is 0. The first-order valence-electron chi connectivity index (χ1n) is 33.7. The topological polar surface area (TPSA) is 80.9 Å². The van der Waals surface area contributed by atoms with Crippen LogP contribution in [0.2, 0.25) is 0 Å². The highest BCUT2D eigenvalue weighted by atomic mass is 31.2. The Labute approximate surface area is 575 Å². The first-order chi connectivity index (χ1) is 47.7. The Balaban J connectivity index is 0.000000200. The average molecular weight is 1320 g/mol. The fourth-order valence-electron chi connectivity index (χ4n) is 14.2. The summed E-state index contributed by atoms with van der Waals surface area (Å²) in [7, 11) is -5.80. The number of benzene rings is 13. The van der Waals surface area contributed by atoms with Crippen molar-refractivity contribution in [3.8, 4) is 45.3 Å². The van der Waals surface area contributed by atoms with Crippen LogP contribution >= 0.6 is 21.8 Å². The van der Waals surface area contributed by atoms with Crippen molar-refractivity contribution < 1.29 is 20.4 Å². The van der Waals surface area contributed by atoms with Crippen LogP contribution in [0.25, 0.3) is 22.3 Å². The van der Waals surface area contributed by atoms with Crippen LogP contribution in [0.1, 0.15) is 41.5 Å². The molecule has 4 N–H and O–H groups in total. The molecule has 0 radical (unpaired) electrons. The summed E-state index contributed by atoms with van der Waals surface area (Å²) >= 11 is 0. The molecule has 0 aromatic heterocycles. The predicted octanol–water partition coefficient (Wildman–Crippen LogP) is 18.0. The van der Waals surface area contributed by atoms with Gasteiger partial charge in [0.2, 0.25) is 0 Å². The van der Waals surface area contributed by atoms with Gasteiger partial charge in [-0.2, -0.15) is 0 Å². The summed E-state index contributed by atoms with van der Waals surface area (Å²) in [5.41, 5.74) is 7.13. The Bertz CT molecular complexity index is 4150. The molecular formula is C90H84O4P3+3. The molecule has 4 nitrogen and oxygen atoms in total. The SMILES string of the molecule is C=CCc1ccc(O)c(-c2cc(CCC[P+](c3ccccc3)(c3ccccc3)c3ccccc3)ccc2O)c1.Oc1ccc(CCC[P+](c2ccccc2)(c2ccccc2)c2ccccc2)cc1-c1cc(CCC[P+](c2ccccc2)(c2ccccc2)c2ccccc2)ccc1O. The van der Waals surface area contributed by atoms with Crippen molar-refractivity contribution in [3.63, 3.8) is 0 Å². The van der Waals surface area contributed by atoms with Crippen LogP contribution in [0, 0.1) is 0 Å². The number of hydrogen-bond donors (Lipinski definition) is 4. The summed E-state index contributed by atoms with van der Waals surface area (Å²) < 4.78 is 0. The molecule has 13 rings (SSSR count). The van der Waals surface area contributed by atoms with Gasteiger partial charge in [-0.05, 0) is 225 Å². The minimum Gasteiger partial charge on any atom is -0.507 e. The minimum absolute atomic E-state index is 0.164. The van der Waals surface area contributed by atoms with Crippen LogP contribution in [-0.4, -0.2) is 38.9 Å². The Morgan fingerprint density at radius 2 is 0.402 bits per heavy atom. The third-order valence-corrected chi connectivity index (χ3v) is 32.4. The average Bonchev–Trinajstić information content (AvgIpc) is 0.788.